The summed E-state index contributed by atoms with van der Waals surface area (Å²) in [5.41, 5.74) is 2.06. The van der Waals surface area contributed by atoms with Gasteiger partial charge in [0.15, 0.2) is 0 Å². The van der Waals surface area contributed by atoms with Crippen molar-refractivity contribution in [2.45, 2.75) is 18.0 Å². The molecule has 0 aliphatic heterocycles. The summed E-state index contributed by atoms with van der Waals surface area (Å²) in [6.07, 6.45) is 5.30. The van der Waals surface area contributed by atoms with E-state index >= 15 is 0 Å². The summed E-state index contributed by atoms with van der Waals surface area (Å²) < 4.78 is 34.2. The van der Waals surface area contributed by atoms with E-state index in [0.29, 0.717) is 6.54 Å². The van der Waals surface area contributed by atoms with Crippen molar-refractivity contribution in [3.05, 3.63) is 83.9 Å². The van der Waals surface area contributed by atoms with Gasteiger partial charge in [0, 0.05) is 25.5 Å². The Morgan fingerprint density at radius 1 is 1.15 bits per heavy atom. The number of aromatic nitrogens is 2. The van der Waals surface area contributed by atoms with Crippen molar-refractivity contribution >= 4 is 16.0 Å². The van der Waals surface area contributed by atoms with Crippen molar-refractivity contribution < 1.29 is 17.9 Å². The van der Waals surface area contributed by atoms with Gasteiger partial charge in [0.05, 0.1) is 23.9 Å². The Labute approximate surface area is 157 Å². The molecule has 8 heteroatoms. The smallest absolute Gasteiger partial charge is 0.337 e. The fourth-order valence-electron chi connectivity index (χ4n) is 2.60. The van der Waals surface area contributed by atoms with Crippen molar-refractivity contribution in [1.82, 2.24) is 14.3 Å². The highest BCUT2D eigenvalue weighted by atomic mass is 32.2. The molecule has 0 saturated heterocycles. The van der Waals surface area contributed by atoms with Crippen LogP contribution >= 0.6 is 0 Å². The summed E-state index contributed by atoms with van der Waals surface area (Å²) in [4.78, 5) is 15.6. The quantitative estimate of drug-likeness (QED) is 0.630. The van der Waals surface area contributed by atoms with Crippen molar-refractivity contribution in [3.63, 3.8) is 0 Å². The van der Waals surface area contributed by atoms with E-state index in [4.69, 9.17) is 0 Å². The van der Waals surface area contributed by atoms with E-state index in [1.807, 2.05) is 35.0 Å². The number of esters is 1. The molecule has 0 aliphatic carbocycles. The molecule has 0 spiro atoms. The fourth-order valence-corrected chi connectivity index (χ4v) is 3.66. The minimum atomic E-state index is -3.76. The van der Waals surface area contributed by atoms with Gasteiger partial charge in [-0.1, -0.05) is 30.3 Å². The van der Waals surface area contributed by atoms with Crippen LogP contribution < -0.4 is 4.72 Å². The Morgan fingerprint density at radius 3 is 2.67 bits per heavy atom. The van der Waals surface area contributed by atoms with Crippen LogP contribution in [0.1, 0.15) is 21.5 Å². The van der Waals surface area contributed by atoms with Gasteiger partial charge in [-0.05, 0) is 29.3 Å². The molecule has 0 unspecified atom stereocenters. The van der Waals surface area contributed by atoms with Gasteiger partial charge < -0.3 is 9.30 Å². The number of sulfonamides is 1. The highest BCUT2D eigenvalue weighted by molar-refractivity contribution is 7.89. The lowest BCUT2D eigenvalue weighted by atomic mass is 10.1. The summed E-state index contributed by atoms with van der Waals surface area (Å²) >= 11 is 0. The van der Waals surface area contributed by atoms with Gasteiger partial charge in [0.2, 0.25) is 10.0 Å². The number of imidazole rings is 1. The lowest BCUT2D eigenvalue weighted by Crippen LogP contribution is -2.23. The first-order valence-corrected chi connectivity index (χ1v) is 9.68. The molecule has 1 heterocycles. The van der Waals surface area contributed by atoms with E-state index < -0.39 is 16.0 Å². The second-order valence-electron chi connectivity index (χ2n) is 5.90. The molecule has 3 rings (SSSR count). The van der Waals surface area contributed by atoms with Crippen LogP contribution in [0, 0.1) is 0 Å². The van der Waals surface area contributed by atoms with Gasteiger partial charge in [0.25, 0.3) is 0 Å². The number of benzene rings is 2. The highest BCUT2D eigenvalue weighted by Gasteiger charge is 2.16. The maximum atomic E-state index is 12.5. The first kappa shape index (κ1) is 18.8. The largest absolute Gasteiger partial charge is 0.465 e. The molecule has 27 heavy (non-hydrogen) atoms. The van der Waals surface area contributed by atoms with Crippen LogP contribution in [0.25, 0.3) is 0 Å². The normalized spacial score (nSPS) is 11.3. The molecule has 2 aromatic carbocycles. The summed E-state index contributed by atoms with van der Waals surface area (Å²) in [7, 11) is -2.51. The van der Waals surface area contributed by atoms with Gasteiger partial charge in [-0.3, -0.25) is 0 Å². The zero-order valence-electron chi connectivity index (χ0n) is 14.7. The molecule has 0 amide bonds. The molecular formula is C19H19N3O4S. The maximum Gasteiger partial charge on any atom is 0.337 e. The maximum absolute atomic E-state index is 12.5. The van der Waals surface area contributed by atoms with Gasteiger partial charge in [-0.2, -0.15) is 0 Å². The second kappa shape index (κ2) is 8.15. The zero-order valence-corrected chi connectivity index (χ0v) is 15.5. The van der Waals surface area contributed by atoms with Gasteiger partial charge in [0.1, 0.15) is 0 Å². The Morgan fingerprint density at radius 2 is 1.93 bits per heavy atom. The van der Waals surface area contributed by atoms with E-state index in [-0.39, 0.29) is 17.0 Å². The molecular weight excluding hydrogens is 366 g/mol. The second-order valence-corrected chi connectivity index (χ2v) is 7.67. The average Bonchev–Trinajstić information content (AvgIpc) is 3.19. The van der Waals surface area contributed by atoms with Gasteiger partial charge in [-0.15, -0.1) is 0 Å². The summed E-state index contributed by atoms with van der Waals surface area (Å²) in [5, 5.41) is 0. The topological polar surface area (TPSA) is 90.3 Å². The van der Waals surface area contributed by atoms with Crippen LogP contribution in [-0.4, -0.2) is 31.0 Å². The number of carbonyl (C=O) groups excluding carboxylic acids is 1. The van der Waals surface area contributed by atoms with Crippen molar-refractivity contribution in [2.24, 2.45) is 0 Å². The van der Waals surface area contributed by atoms with Crippen LogP contribution in [-0.2, 0) is 27.8 Å². The van der Waals surface area contributed by atoms with Crippen LogP contribution in [0.5, 0.6) is 0 Å². The third kappa shape index (κ3) is 4.81. The molecule has 0 fully saturated rings. The standard InChI is InChI=1S/C19H19N3O4S/c1-26-19(23)17-6-3-7-18(11-17)27(24,25)21-12-15-4-2-5-16(10-15)13-22-9-8-20-14-22/h2-11,14,21H,12-13H2,1H3. The zero-order chi connectivity index (χ0) is 19.3. The number of hydrogen-bond acceptors (Lipinski definition) is 5. The molecule has 7 nitrogen and oxygen atoms in total. The fraction of sp³-hybridized carbons (Fsp3) is 0.158. The minimum absolute atomic E-state index is 0.0139. The number of nitrogens with zero attached hydrogens (tertiary/aromatic N) is 2. The first-order chi connectivity index (χ1) is 13.0. The minimum Gasteiger partial charge on any atom is -0.465 e. The molecule has 1 N–H and O–H groups in total. The summed E-state index contributed by atoms with van der Waals surface area (Å²) in [6.45, 7) is 0.796. The third-order valence-electron chi connectivity index (χ3n) is 3.95. The molecule has 3 aromatic rings. The molecule has 0 radical (unpaired) electrons. The monoisotopic (exact) mass is 385 g/mol. The molecule has 0 bridgehead atoms. The van der Waals surface area contributed by atoms with Crippen LogP contribution in [0.15, 0.2) is 72.1 Å². The Balaban J connectivity index is 1.71. The highest BCUT2D eigenvalue weighted by Crippen LogP contribution is 2.14. The van der Waals surface area contributed by atoms with E-state index in [9.17, 15) is 13.2 Å². The van der Waals surface area contributed by atoms with E-state index in [0.717, 1.165) is 11.1 Å². The molecule has 0 atom stereocenters. The lowest BCUT2D eigenvalue weighted by Gasteiger charge is -2.09. The summed E-state index contributed by atoms with van der Waals surface area (Å²) in [6, 6.07) is 13.4. The van der Waals surface area contributed by atoms with Crippen LogP contribution in [0.3, 0.4) is 0 Å². The number of rotatable bonds is 7. The molecule has 140 valence electrons. The predicted octanol–water partition coefficient (Wildman–Crippen LogP) is 2.20. The number of methoxy groups -OCH3 is 1. The van der Waals surface area contributed by atoms with Gasteiger partial charge >= 0.3 is 5.97 Å². The Hall–Kier alpha value is -2.97. The first-order valence-electron chi connectivity index (χ1n) is 8.19. The predicted molar refractivity (Wildman–Crippen MR) is 99.6 cm³/mol. The molecule has 0 aliphatic rings. The van der Waals surface area contributed by atoms with Crippen molar-refractivity contribution in [3.8, 4) is 0 Å². The van der Waals surface area contributed by atoms with E-state index in [2.05, 4.69) is 14.4 Å². The van der Waals surface area contributed by atoms with E-state index in [1.165, 1.54) is 31.4 Å². The Bertz CT molecular complexity index is 1030. The van der Waals surface area contributed by atoms with Crippen LogP contribution in [0.2, 0.25) is 0 Å². The lowest BCUT2D eigenvalue weighted by molar-refractivity contribution is 0.0600. The van der Waals surface area contributed by atoms with E-state index in [1.54, 1.807) is 12.5 Å². The van der Waals surface area contributed by atoms with Gasteiger partial charge in [-0.25, -0.2) is 22.9 Å². The molecule has 1 aromatic heterocycles. The number of hydrogen-bond donors (Lipinski definition) is 1. The SMILES string of the molecule is COC(=O)c1cccc(S(=O)(=O)NCc2cccc(Cn3ccnc3)c2)c1. The average molecular weight is 385 g/mol. The number of carbonyl (C=O) groups is 1. The number of ether oxygens (including phenoxy) is 1. The number of nitrogens with one attached hydrogen (secondary N) is 1. The van der Waals surface area contributed by atoms with Crippen molar-refractivity contribution in [1.29, 1.82) is 0 Å². The summed E-state index contributed by atoms with van der Waals surface area (Å²) in [5.74, 6) is -0.584. The third-order valence-corrected chi connectivity index (χ3v) is 5.35. The molecule has 0 saturated carbocycles. The Kier molecular flexibility index (Phi) is 5.68. The van der Waals surface area contributed by atoms with Crippen LogP contribution in [0.4, 0.5) is 0 Å². The van der Waals surface area contributed by atoms with Crippen molar-refractivity contribution in [2.75, 3.05) is 7.11 Å².